The van der Waals surface area contributed by atoms with Crippen LogP contribution in [0.4, 0.5) is 0 Å². The monoisotopic (exact) mass is 287 g/mol. The molecule has 20 heavy (non-hydrogen) atoms. The number of carbonyl (C=O) groups excluding carboxylic acids is 2. The Labute approximate surface area is 117 Å². The van der Waals surface area contributed by atoms with Crippen LogP contribution < -0.4 is 16.4 Å². The van der Waals surface area contributed by atoms with Crippen molar-refractivity contribution in [3.63, 3.8) is 0 Å². The molecule has 1 aliphatic heterocycles. The molecular formula is C12H21N3O5. The molecule has 1 aliphatic rings. The summed E-state index contributed by atoms with van der Waals surface area (Å²) in [6, 6.07) is -1.12. The normalized spacial score (nSPS) is 17.4. The van der Waals surface area contributed by atoms with E-state index in [1.54, 1.807) is 0 Å². The van der Waals surface area contributed by atoms with E-state index in [4.69, 9.17) is 15.6 Å². The average molecular weight is 287 g/mol. The van der Waals surface area contributed by atoms with E-state index in [1.807, 2.05) is 0 Å². The number of ether oxygens (including phenoxy) is 1. The number of carbonyl (C=O) groups is 3. The molecule has 114 valence electrons. The Bertz CT molecular complexity index is 355. The molecule has 8 heteroatoms. The zero-order valence-corrected chi connectivity index (χ0v) is 11.3. The first-order valence-electron chi connectivity index (χ1n) is 6.62. The number of aliphatic carboxylic acids is 1. The lowest BCUT2D eigenvalue weighted by molar-refractivity contribution is -0.143. The number of rotatable bonds is 8. The molecule has 0 aliphatic carbocycles. The molecule has 2 amide bonds. The number of carboxylic acids is 1. The molecule has 5 N–H and O–H groups in total. The van der Waals surface area contributed by atoms with E-state index < -0.39 is 23.8 Å². The van der Waals surface area contributed by atoms with Gasteiger partial charge >= 0.3 is 5.97 Å². The highest BCUT2D eigenvalue weighted by atomic mass is 16.5. The molecule has 0 radical (unpaired) electrons. The summed E-state index contributed by atoms with van der Waals surface area (Å²) in [5.41, 5.74) is 4.95. The summed E-state index contributed by atoms with van der Waals surface area (Å²) in [6.07, 6.45) is 1.57. The molecule has 1 fully saturated rings. The Kier molecular flexibility index (Phi) is 6.96. The van der Waals surface area contributed by atoms with Gasteiger partial charge in [-0.15, -0.1) is 0 Å². The van der Waals surface area contributed by atoms with Gasteiger partial charge in [0.15, 0.2) is 0 Å². The van der Waals surface area contributed by atoms with Crippen molar-refractivity contribution in [2.45, 2.75) is 37.8 Å². The van der Waals surface area contributed by atoms with Crippen molar-refractivity contribution in [1.29, 1.82) is 0 Å². The van der Waals surface area contributed by atoms with Crippen molar-refractivity contribution in [2.75, 3.05) is 19.7 Å². The number of primary amides is 1. The van der Waals surface area contributed by atoms with E-state index in [0.29, 0.717) is 0 Å². The van der Waals surface area contributed by atoms with E-state index in [1.165, 1.54) is 0 Å². The third-order valence-electron chi connectivity index (χ3n) is 3.05. The number of hydrogen-bond acceptors (Lipinski definition) is 5. The second-order valence-corrected chi connectivity index (χ2v) is 4.72. The van der Waals surface area contributed by atoms with Crippen molar-refractivity contribution in [1.82, 2.24) is 10.6 Å². The van der Waals surface area contributed by atoms with Gasteiger partial charge in [-0.3, -0.25) is 9.59 Å². The first-order chi connectivity index (χ1) is 9.49. The van der Waals surface area contributed by atoms with Gasteiger partial charge in [0.1, 0.15) is 12.6 Å². The van der Waals surface area contributed by atoms with E-state index >= 15 is 0 Å². The summed E-state index contributed by atoms with van der Waals surface area (Å²) >= 11 is 0. The number of nitrogens with one attached hydrogen (secondary N) is 2. The quantitative estimate of drug-likeness (QED) is 0.434. The van der Waals surface area contributed by atoms with Crippen molar-refractivity contribution in [3.05, 3.63) is 0 Å². The van der Waals surface area contributed by atoms with Crippen molar-refractivity contribution in [2.24, 2.45) is 5.73 Å². The summed E-state index contributed by atoms with van der Waals surface area (Å²) in [4.78, 5) is 33.2. The molecule has 0 aromatic rings. The number of amides is 2. The van der Waals surface area contributed by atoms with E-state index in [9.17, 15) is 14.4 Å². The lowest BCUT2D eigenvalue weighted by Gasteiger charge is -2.23. The van der Waals surface area contributed by atoms with E-state index in [2.05, 4.69) is 10.6 Å². The Morgan fingerprint density at radius 3 is 2.55 bits per heavy atom. The minimum Gasteiger partial charge on any atom is -0.480 e. The van der Waals surface area contributed by atoms with E-state index in [0.717, 1.165) is 25.9 Å². The molecule has 8 nitrogen and oxygen atoms in total. The summed E-state index contributed by atoms with van der Waals surface area (Å²) in [5.74, 6) is -2.29. The standard InChI is InChI=1S/C12H21N3O5/c13-10(16)2-1-9(12(18)19)15-11(17)7-20-8-3-5-14-6-4-8/h8-9,14H,1-7H2,(H2,13,16)(H,15,17)(H,18,19)/t9-/m0/s1. The Hall–Kier alpha value is -1.67. The molecule has 0 bridgehead atoms. The van der Waals surface area contributed by atoms with Crippen molar-refractivity contribution in [3.8, 4) is 0 Å². The highest BCUT2D eigenvalue weighted by Crippen LogP contribution is 2.06. The van der Waals surface area contributed by atoms with Gasteiger partial charge in [-0.2, -0.15) is 0 Å². The maximum absolute atomic E-state index is 11.6. The fourth-order valence-corrected chi connectivity index (χ4v) is 1.94. The van der Waals surface area contributed by atoms with Crippen molar-refractivity contribution >= 4 is 17.8 Å². The minimum atomic E-state index is -1.19. The maximum atomic E-state index is 11.6. The van der Waals surface area contributed by atoms with Crippen LogP contribution in [0.5, 0.6) is 0 Å². The van der Waals surface area contributed by atoms with Gasteiger partial charge in [-0.1, -0.05) is 0 Å². The number of nitrogens with two attached hydrogens (primary N) is 1. The number of piperidine rings is 1. The van der Waals surface area contributed by atoms with E-state index in [-0.39, 0.29) is 25.6 Å². The van der Waals surface area contributed by atoms with Gasteiger partial charge < -0.3 is 26.2 Å². The molecule has 0 saturated carbocycles. The second-order valence-electron chi connectivity index (χ2n) is 4.72. The van der Waals surface area contributed by atoms with Crippen LogP contribution in [0.3, 0.4) is 0 Å². The summed E-state index contributed by atoms with van der Waals surface area (Å²) in [7, 11) is 0. The Morgan fingerprint density at radius 2 is 2.00 bits per heavy atom. The number of carboxylic acid groups (broad SMARTS) is 1. The molecule has 1 rings (SSSR count). The fraction of sp³-hybridized carbons (Fsp3) is 0.750. The predicted octanol–water partition coefficient (Wildman–Crippen LogP) is -1.41. The molecule has 1 saturated heterocycles. The predicted molar refractivity (Wildman–Crippen MR) is 69.8 cm³/mol. The van der Waals surface area contributed by atoms with Crippen LogP contribution in [0, 0.1) is 0 Å². The van der Waals surface area contributed by atoms with Gasteiger partial charge in [-0.25, -0.2) is 4.79 Å². The Morgan fingerprint density at radius 1 is 1.35 bits per heavy atom. The Balaban J connectivity index is 2.29. The molecule has 0 spiro atoms. The topological polar surface area (TPSA) is 131 Å². The largest absolute Gasteiger partial charge is 0.480 e. The summed E-state index contributed by atoms with van der Waals surface area (Å²) < 4.78 is 5.41. The third-order valence-corrected chi connectivity index (χ3v) is 3.05. The zero-order chi connectivity index (χ0) is 15.0. The third kappa shape index (κ3) is 6.48. The first kappa shape index (κ1) is 16.4. The summed E-state index contributed by atoms with van der Waals surface area (Å²) in [6.45, 7) is 1.52. The number of hydrogen-bond donors (Lipinski definition) is 4. The SMILES string of the molecule is NC(=O)CC[C@H](NC(=O)COC1CCNCC1)C(=O)O. The van der Waals surface area contributed by atoms with Crippen LogP contribution in [-0.2, 0) is 19.1 Å². The molecule has 0 unspecified atom stereocenters. The van der Waals surface area contributed by atoms with Gasteiger partial charge in [0, 0.05) is 6.42 Å². The van der Waals surface area contributed by atoms with Gasteiger partial charge in [0.05, 0.1) is 6.10 Å². The minimum absolute atomic E-state index is 0.0240. The lowest BCUT2D eigenvalue weighted by Crippen LogP contribution is -2.44. The van der Waals surface area contributed by atoms with Crippen LogP contribution in [0.15, 0.2) is 0 Å². The molecular weight excluding hydrogens is 266 g/mol. The molecule has 0 aromatic carbocycles. The van der Waals surface area contributed by atoms with Crippen LogP contribution in [0.2, 0.25) is 0 Å². The van der Waals surface area contributed by atoms with Gasteiger partial charge in [0.25, 0.3) is 0 Å². The summed E-state index contributed by atoms with van der Waals surface area (Å²) in [5, 5.41) is 14.4. The van der Waals surface area contributed by atoms with Gasteiger partial charge in [-0.05, 0) is 32.4 Å². The lowest BCUT2D eigenvalue weighted by atomic mass is 10.1. The van der Waals surface area contributed by atoms with Gasteiger partial charge in [0.2, 0.25) is 11.8 Å². The zero-order valence-electron chi connectivity index (χ0n) is 11.3. The fourth-order valence-electron chi connectivity index (χ4n) is 1.94. The smallest absolute Gasteiger partial charge is 0.326 e. The van der Waals surface area contributed by atoms with Crippen LogP contribution in [0.25, 0.3) is 0 Å². The average Bonchev–Trinajstić information content (AvgIpc) is 2.41. The highest BCUT2D eigenvalue weighted by Gasteiger charge is 2.21. The van der Waals surface area contributed by atoms with Crippen LogP contribution in [-0.4, -0.2) is 54.7 Å². The first-order valence-corrected chi connectivity index (χ1v) is 6.62. The molecule has 0 aromatic heterocycles. The maximum Gasteiger partial charge on any atom is 0.326 e. The van der Waals surface area contributed by atoms with Crippen molar-refractivity contribution < 1.29 is 24.2 Å². The highest BCUT2D eigenvalue weighted by molar-refractivity contribution is 5.84. The van der Waals surface area contributed by atoms with Crippen LogP contribution >= 0.6 is 0 Å². The molecule has 1 heterocycles. The van der Waals surface area contributed by atoms with Crippen LogP contribution in [0.1, 0.15) is 25.7 Å². The molecule has 1 atom stereocenters. The second kappa shape index (κ2) is 8.49.